The van der Waals surface area contributed by atoms with Gasteiger partial charge in [0.25, 0.3) is 0 Å². The molecule has 2 rings (SSSR count). The number of hydrogen-bond acceptors (Lipinski definition) is 3. The van der Waals surface area contributed by atoms with E-state index in [-0.39, 0.29) is 0 Å². The summed E-state index contributed by atoms with van der Waals surface area (Å²) in [5, 5.41) is 4.63. The molecule has 0 aliphatic rings. The van der Waals surface area contributed by atoms with Gasteiger partial charge in [0.15, 0.2) is 0 Å². The minimum Gasteiger partial charge on any atom is -0.383 e. The lowest BCUT2D eigenvalue weighted by molar-refractivity contribution is 0.200. The molecular weight excluding hydrogens is 260 g/mol. The summed E-state index contributed by atoms with van der Waals surface area (Å²) in [6.07, 6.45) is 4.17. The van der Waals surface area contributed by atoms with E-state index in [1.165, 1.54) is 16.5 Å². The second-order valence-corrected chi connectivity index (χ2v) is 5.46. The zero-order valence-corrected chi connectivity index (χ0v) is 13.1. The molecule has 0 atom stereocenters. The van der Waals surface area contributed by atoms with E-state index in [1.54, 1.807) is 7.11 Å². The van der Waals surface area contributed by atoms with Crippen LogP contribution < -0.4 is 5.32 Å². The standard InChI is InChI=1S/C18H24N2O/c1-14(2)16(13-19-10-11-21-3)12-15-8-9-20-18-7-5-4-6-17(15)18/h4-9,12,14,19H,10-11,13H2,1-3H3. The number of pyridine rings is 1. The van der Waals surface area contributed by atoms with Gasteiger partial charge in [-0.1, -0.05) is 43.7 Å². The Morgan fingerprint density at radius 2 is 2.10 bits per heavy atom. The van der Waals surface area contributed by atoms with E-state index in [9.17, 15) is 0 Å². The van der Waals surface area contributed by atoms with Crippen molar-refractivity contribution in [3.05, 3.63) is 47.7 Å². The van der Waals surface area contributed by atoms with Gasteiger partial charge < -0.3 is 10.1 Å². The molecule has 3 nitrogen and oxygen atoms in total. The summed E-state index contributed by atoms with van der Waals surface area (Å²) >= 11 is 0. The molecule has 0 aliphatic heterocycles. The highest BCUT2D eigenvalue weighted by Crippen LogP contribution is 2.21. The van der Waals surface area contributed by atoms with Gasteiger partial charge in [0.2, 0.25) is 0 Å². The maximum atomic E-state index is 5.07. The van der Waals surface area contributed by atoms with Crippen LogP contribution in [0, 0.1) is 5.92 Å². The molecule has 1 aromatic heterocycles. The molecule has 3 heteroatoms. The van der Waals surface area contributed by atoms with Crippen LogP contribution in [0.1, 0.15) is 19.4 Å². The van der Waals surface area contributed by atoms with Crippen LogP contribution in [-0.4, -0.2) is 31.8 Å². The van der Waals surface area contributed by atoms with Gasteiger partial charge in [0.1, 0.15) is 0 Å². The fraction of sp³-hybridized carbons (Fsp3) is 0.389. The van der Waals surface area contributed by atoms with E-state index < -0.39 is 0 Å². The highest BCUT2D eigenvalue weighted by Gasteiger charge is 2.05. The molecule has 0 unspecified atom stereocenters. The van der Waals surface area contributed by atoms with Crippen molar-refractivity contribution >= 4 is 17.0 Å². The second kappa shape index (κ2) is 7.91. The molecule has 21 heavy (non-hydrogen) atoms. The third-order valence-corrected chi connectivity index (χ3v) is 3.58. The van der Waals surface area contributed by atoms with Crippen LogP contribution in [0.25, 0.3) is 17.0 Å². The van der Waals surface area contributed by atoms with Crippen molar-refractivity contribution < 1.29 is 4.74 Å². The summed E-state index contributed by atoms with van der Waals surface area (Å²) in [6.45, 7) is 6.96. The Morgan fingerprint density at radius 1 is 1.29 bits per heavy atom. The number of nitrogens with one attached hydrogen (secondary N) is 1. The molecule has 2 aromatic rings. The fourth-order valence-electron chi connectivity index (χ4n) is 2.27. The zero-order chi connectivity index (χ0) is 15.1. The number of benzene rings is 1. The highest BCUT2D eigenvalue weighted by molar-refractivity contribution is 5.87. The second-order valence-electron chi connectivity index (χ2n) is 5.46. The largest absolute Gasteiger partial charge is 0.383 e. The lowest BCUT2D eigenvalue weighted by Gasteiger charge is -2.13. The van der Waals surface area contributed by atoms with Crippen molar-refractivity contribution in [3.63, 3.8) is 0 Å². The van der Waals surface area contributed by atoms with E-state index in [0.29, 0.717) is 5.92 Å². The first kappa shape index (κ1) is 15.7. The Kier molecular flexibility index (Phi) is 5.90. The molecule has 0 aliphatic carbocycles. The Labute approximate surface area is 127 Å². The number of methoxy groups -OCH3 is 1. The number of fused-ring (bicyclic) bond motifs is 1. The van der Waals surface area contributed by atoms with Gasteiger partial charge in [-0.15, -0.1) is 0 Å². The van der Waals surface area contributed by atoms with E-state index in [0.717, 1.165) is 25.2 Å². The molecular formula is C18H24N2O. The maximum absolute atomic E-state index is 5.07. The number of para-hydroxylation sites is 1. The minimum atomic E-state index is 0.506. The van der Waals surface area contributed by atoms with Gasteiger partial charge in [-0.25, -0.2) is 0 Å². The highest BCUT2D eigenvalue weighted by atomic mass is 16.5. The van der Waals surface area contributed by atoms with Crippen molar-refractivity contribution in [3.8, 4) is 0 Å². The van der Waals surface area contributed by atoms with Crippen molar-refractivity contribution in [2.45, 2.75) is 13.8 Å². The van der Waals surface area contributed by atoms with E-state index in [2.05, 4.69) is 54.5 Å². The number of nitrogens with zero attached hydrogens (tertiary/aromatic N) is 1. The third-order valence-electron chi connectivity index (χ3n) is 3.58. The Bertz CT molecular complexity index is 600. The topological polar surface area (TPSA) is 34.1 Å². The molecule has 1 heterocycles. The van der Waals surface area contributed by atoms with Crippen molar-refractivity contribution in [2.24, 2.45) is 5.92 Å². The number of hydrogen-bond donors (Lipinski definition) is 1. The van der Waals surface area contributed by atoms with E-state index in [1.807, 2.05) is 12.3 Å². The fourth-order valence-corrected chi connectivity index (χ4v) is 2.27. The summed E-state index contributed by atoms with van der Waals surface area (Å²) in [5.74, 6) is 0.506. The van der Waals surface area contributed by atoms with E-state index in [4.69, 9.17) is 4.74 Å². The first-order chi connectivity index (χ1) is 10.2. The first-order valence-corrected chi connectivity index (χ1v) is 7.46. The van der Waals surface area contributed by atoms with Crippen LogP contribution >= 0.6 is 0 Å². The molecule has 0 saturated heterocycles. The average molecular weight is 284 g/mol. The molecule has 0 fully saturated rings. The zero-order valence-electron chi connectivity index (χ0n) is 13.1. The number of ether oxygens (including phenoxy) is 1. The minimum absolute atomic E-state index is 0.506. The van der Waals surface area contributed by atoms with Crippen molar-refractivity contribution in [1.82, 2.24) is 10.3 Å². The van der Waals surface area contributed by atoms with Gasteiger partial charge in [0, 0.05) is 31.8 Å². The summed E-state index contributed by atoms with van der Waals surface area (Å²) in [6, 6.07) is 10.4. The average Bonchev–Trinajstić information content (AvgIpc) is 2.50. The van der Waals surface area contributed by atoms with Crippen molar-refractivity contribution in [2.75, 3.05) is 26.8 Å². The third kappa shape index (κ3) is 4.38. The molecule has 1 aromatic carbocycles. The van der Waals surface area contributed by atoms with Crippen LogP contribution in [0.5, 0.6) is 0 Å². The van der Waals surface area contributed by atoms with Gasteiger partial charge >= 0.3 is 0 Å². The van der Waals surface area contributed by atoms with Gasteiger partial charge in [0.05, 0.1) is 12.1 Å². The summed E-state index contributed by atoms with van der Waals surface area (Å²) in [7, 11) is 1.73. The van der Waals surface area contributed by atoms with Gasteiger partial charge in [-0.3, -0.25) is 4.98 Å². The van der Waals surface area contributed by atoms with Crippen LogP contribution in [0.3, 0.4) is 0 Å². The smallest absolute Gasteiger partial charge is 0.0707 e. The van der Waals surface area contributed by atoms with E-state index >= 15 is 0 Å². The molecule has 0 radical (unpaired) electrons. The summed E-state index contributed by atoms with van der Waals surface area (Å²) in [5.41, 5.74) is 3.67. The number of rotatable bonds is 7. The molecule has 0 spiro atoms. The Morgan fingerprint density at radius 3 is 2.86 bits per heavy atom. The monoisotopic (exact) mass is 284 g/mol. The first-order valence-electron chi connectivity index (χ1n) is 7.46. The predicted octanol–water partition coefficient (Wildman–Crippen LogP) is 3.51. The lowest BCUT2D eigenvalue weighted by Crippen LogP contribution is -2.23. The van der Waals surface area contributed by atoms with Crippen LogP contribution in [-0.2, 0) is 4.74 Å². The Hall–Kier alpha value is -1.71. The SMILES string of the molecule is COCCNCC(=Cc1ccnc2ccccc12)C(C)C. The van der Waals surface area contributed by atoms with Crippen molar-refractivity contribution in [1.29, 1.82) is 0 Å². The quantitative estimate of drug-likeness (QED) is 0.790. The maximum Gasteiger partial charge on any atom is 0.0707 e. The predicted molar refractivity (Wildman–Crippen MR) is 89.3 cm³/mol. The van der Waals surface area contributed by atoms with Crippen LogP contribution in [0.2, 0.25) is 0 Å². The molecule has 0 amide bonds. The summed E-state index contributed by atoms with van der Waals surface area (Å²) in [4.78, 5) is 4.42. The summed E-state index contributed by atoms with van der Waals surface area (Å²) < 4.78 is 5.07. The lowest BCUT2D eigenvalue weighted by atomic mass is 9.98. The molecule has 0 saturated carbocycles. The Balaban J connectivity index is 2.23. The normalized spacial score (nSPS) is 12.3. The van der Waals surface area contributed by atoms with Gasteiger partial charge in [-0.05, 0) is 23.6 Å². The number of aromatic nitrogens is 1. The molecule has 1 N–H and O–H groups in total. The molecule has 0 bridgehead atoms. The van der Waals surface area contributed by atoms with Gasteiger partial charge in [-0.2, -0.15) is 0 Å². The van der Waals surface area contributed by atoms with Crippen LogP contribution in [0.15, 0.2) is 42.1 Å². The van der Waals surface area contributed by atoms with Crippen LogP contribution in [0.4, 0.5) is 0 Å². The molecule has 112 valence electrons.